The number of rotatable bonds is 8. The van der Waals surface area contributed by atoms with E-state index in [0.717, 1.165) is 22.9 Å². The predicted octanol–water partition coefficient (Wildman–Crippen LogP) is 2.77. The lowest BCUT2D eigenvalue weighted by atomic mass is 10.1. The van der Waals surface area contributed by atoms with Crippen LogP contribution in [0.3, 0.4) is 0 Å². The number of carbonyl (C=O) groups excluding carboxylic acids is 1. The second kappa shape index (κ2) is 9.16. The Morgan fingerprint density at radius 1 is 1.12 bits per heavy atom. The molecule has 0 saturated carbocycles. The summed E-state index contributed by atoms with van der Waals surface area (Å²) in [5, 5.41) is 3.44. The van der Waals surface area contributed by atoms with E-state index in [9.17, 15) is 13.2 Å². The number of hydrogen-bond donors (Lipinski definition) is 1. The van der Waals surface area contributed by atoms with E-state index in [1.165, 1.54) is 4.31 Å². The van der Waals surface area contributed by atoms with Crippen molar-refractivity contribution in [1.29, 1.82) is 0 Å². The molecule has 140 valence electrons. The fourth-order valence-corrected chi connectivity index (χ4v) is 3.33. The number of hydrogen-bond acceptors (Lipinski definition) is 3. The van der Waals surface area contributed by atoms with Gasteiger partial charge >= 0.3 is 0 Å². The van der Waals surface area contributed by atoms with Gasteiger partial charge in [-0.2, -0.15) is 4.31 Å². The lowest BCUT2D eigenvalue weighted by Gasteiger charge is -2.20. The van der Waals surface area contributed by atoms with Gasteiger partial charge in [0.2, 0.25) is 15.9 Å². The van der Waals surface area contributed by atoms with Crippen molar-refractivity contribution in [1.82, 2.24) is 9.62 Å². The third-order valence-electron chi connectivity index (χ3n) is 4.05. The molecule has 26 heavy (non-hydrogen) atoms. The predicted molar refractivity (Wildman–Crippen MR) is 105 cm³/mol. The Balaban J connectivity index is 1.92. The summed E-state index contributed by atoms with van der Waals surface area (Å²) in [6.07, 6.45) is 1.77. The molecular weight excluding hydrogens is 372 g/mol. The van der Waals surface area contributed by atoms with E-state index < -0.39 is 10.0 Å². The Morgan fingerprint density at radius 2 is 1.77 bits per heavy atom. The first-order valence-corrected chi connectivity index (χ1v) is 10.5. The molecule has 0 saturated heterocycles. The smallest absolute Gasteiger partial charge is 0.235 e. The topological polar surface area (TPSA) is 66.5 Å². The molecule has 0 atom stereocenters. The Morgan fingerprint density at radius 3 is 2.38 bits per heavy atom. The highest BCUT2D eigenvalue weighted by molar-refractivity contribution is 7.88. The van der Waals surface area contributed by atoms with E-state index >= 15 is 0 Å². The summed E-state index contributed by atoms with van der Waals surface area (Å²) in [7, 11) is -3.50. The second-order valence-electron chi connectivity index (χ2n) is 6.18. The molecule has 0 aliphatic carbocycles. The van der Waals surface area contributed by atoms with Crippen LogP contribution in [0.1, 0.15) is 16.7 Å². The number of halogens is 1. The van der Waals surface area contributed by atoms with Crippen molar-refractivity contribution < 1.29 is 13.2 Å². The van der Waals surface area contributed by atoms with Gasteiger partial charge in [-0.15, -0.1) is 0 Å². The molecule has 2 aromatic carbocycles. The number of amides is 1. The molecule has 0 aromatic heterocycles. The van der Waals surface area contributed by atoms with Crippen molar-refractivity contribution in [3.8, 4) is 0 Å². The monoisotopic (exact) mass is 394 g/mol. The molecule has 5 nitrogen and oxygen atoms in total. The summed E-state index contributed by atoms with van der Waals surface area (Å²) < 4.78 is 25.3. The van der Waals surface area contributed by atoms with Gasteiger partial charge in [0.25, 0.3) is 0 Å². The van der Waals surface area contributed by atoms with Crippen LogP contribution in [0, 0.1) is 6.92 Å². The Hall–Kier alpha value is -1.89. The number of aryl methyl sites for hydroxylation is 1. The summed E-state index contributed by atoms with van der Waals surface area (Å²) in [5.41, 5.74) is 2.92. The van der Waals surface area contributed by atoms with Crippen LogP contribution in [0.4, 0.5) is 0 Å². The van der Waals surface area contributed by atoms with E-state index in [0.29, 0.717) is 18.0 Å². The van der Waals surface area contributed by atoms with Gasteiger partial charge in [-0.25, -0.2) is 8.42 Å². The van der Waals surface area contributed by atoms with Crippen LogP contribution in [-0.2, 0) is 27.8 Å². The standard InChI is InChI=1S/C19H23ClN2O3S/c1-15-5-3-4-6-17(15)13-22(26(2,24)25)14-19(23)21-12-11-16-7-9-18(20)10-8-16/h3-10H,11-14H2,1-2H3,(H,21,23). The van der Waals surface area contributed by atoms with Gasteiger partial charge in [-0.3, -0.25) is 4.79 Å². The van der Waals surface area contributed by atoms with Crippen molar-refractivity contribution in [2.45, 2.75) is 19.9 Å². The number of benzene rings is 2. The zero-order valence-corrected chi connectivity index (χ0v) is 16.5. The van der Waals surface area contributed by atoms with E-state index in [1.807, 2.05) is 43.3 Å². The van der Waals surface area contributed by atoms with Crippen LogP contribution in [0.15, 0.2) is 48.5 Å². The van der Waals surface area contributed by atoms with Crippen LogP contribution in [0.5, 0.6) is 0 Å². The molecule has 7 heteroatoms. The van der Waals surface area contributed by atoms with Crippen molar-refractivity contribution in [3.63, 3.8) is 0 Å². The third-order valence-corrected chi connectivity index (χ3v) is 5.49. The Labute approximate surface area is 160 Å². The normalized spacial score (nSPS) is 11.5. The van der Waals surface area contributed by atoms with Gasteiger partial charge in [0, 0.05) is 18.1 Å². The maximum absolute atomic E-state index is 12.2. The summed E-state index contributed by atoms with van der Waals surface area (Å²) in [6, 6.07) is 14.9. The first-order chi connectivity index (χ1) is 12.3. The van der Waals surface area contributed by atoms with Crippen molar-refractivity contribution >= 4 is 27.5 Å². The molecule has 0 heterocycles. The van der Waals surface area contributed by atoms with Gasteiger partial charge in [0.15, 0.2) is 0 Å². The van der Waals surface area contributed by atoms with Gasteiger partial charge < -0.3 is 5.32 Å². The number of sulfonamides is 1. The summed E-state index contributed by atoms with van der Waals surface area (Å²) >= 11 is 5.84. The zero-order valence-electron chi connectivity index (χ0n) is 14.9. The van der Waals surface area contributed by atoms with E-state index in [4.69, 9.17) is 11.6 Å². The van der Waals surface area contributed by atoms with Crippen LogP contribution >= 0.6 is 11.6 Å². The Kier molecular flexibility index (Phi) is 7.20. The molecule has 0 aliphatic rings. The SMILES string of the molecule is Cc1ccccc1CN(CC(=O)NCCc1ccc(Cl)cc1)S(C)(=O)=O. The first kappa shape index (κ1) is 20.4. The number of nitrogens with zero attached hydrogens (tertiary/aromatic N) is 1. The molecule has 1 amide bonds. The minimum Gasteiger partial charge on any atom is -0.355 e. The van der Waals surface area contributed by atoms with Crippen molar-refractivity contribution in [2.24, 2.45) is 0 Å². The average Bonchev–Trinajstić information content (AvgIpc) is 2.57. The first-order valence-electron chi connectivity index (χ1n) is 8.26. The lowest BCUT2D eigenvalue weighted by Crippen LogP contribution is -2.40. The molecule has 0 unspecified atom stereocenters. The molecule has 2 aromatic rings. The number of nitrogens with one attached hydrogen (secondary N) is 1. The minimum absolute atomic E-state index is 0.177. The largest absolute Gasteiger partial charge is 0.355 e. The number of carbonyl (C=O) groups is 1. The third kappa shape index (κ3) is 6.44. The molecule has 2 rings (SSSR count). The minimum atomic E-state index is -3.50. The highest BCUT2D eigenvalue weighted by atomic mass is 35.5. The highest BCUT2D eigenvalue weighted by Crippen LogP contribution is 2.13. The van der Waals surface area contributed by atoms with E-state index in [2.05, 4.69) is 5.32 Å². The molecule has 0 fully saturated rings. The maximum Gasteiger partial charge on any atom is 0.235 e. The van der Waals surface area contributed by atoms with Crippen LogP contribution in [0.2, 0.25) is 5.02 Å². The summed E-state index contributed by atoms with van der Waals surface area (Å²) in [4.78, 5) is 12.2. The molecule has 1 N–H and O–H groups in total. The van der Waals surface area contributed by atoms with Gasteiger partial charge in [-0.05, 0) is 42.2 Å². The van der Waals surface area contributed by atoms with E-state index in [1.54, 1.807) is 12.1 Å². The molecular formula is C19H23ClN2O3S. The Bertz CT molecular complexity index is 851. The van der Waals surface area contributed by atoms with Crippen molar-refractivity contribution in [3.05, 3.63) is 70.2 Å². The van der Waals surface area contributed by atoms with Gasteiger partial charge in [0.1, 0.15) is 0 Å². The molecule has 0 spiro atoms. The zero-order chi connectivity index (χ0) is 19.2. The summed E-state index contributed by atoms with van der Waals surface area (Å²) in [5.74, 6) is -0.321. The fourth-order valence-electron chi connectivity index (χ4n) is 2.48. The summed E-state index contributed by atoms with van der Waals surface area (Å²) in [6.45, 7) is 2.33. The van der Waals surface area contributed by atoms with Gasteiger partial charge in [0.05, 0.1) is 12.8 Å². The highest BCUT2D eigenvalue weighted by Gasteiger charge is 2.20. The van der Waals surface area contributed by atoms with Crippen LogP contribution < -0.4 is 5.32 Å². The van der Waals surface area contributed by atoms with Crippen LogP contribution in [-0.4, -0.2) is 38.0 Å². The van der Waals surface area contributed by atoms with Crippen LogP contribution in [0.25, 0.3) is 0 Å². The van der Waals surface area contributed by atoms with E-state index in [-0.39, 0.29) is 19.0 Å². The molecule has 0 aliphatic heterocycles. The fraction of sp³-hybridized carbons (Fsp3) is 0.316. The second-order valence-corrected chi connectivity index (χ2v) is 8.60. The van der Waals surface area contributed by atoms with Crippen molar-refractivity contribution in [2.75, 3.05) is 19.3 Å². The quantitative estimate of drug-likeness (QED) is 0.748. The molecule has 0 bridgehead atoms. The maximum atomic E-state index is 12.2. The van der Waals surface area contributed by atoms with Gasteiger partial charge in [-0.1, -0.05) is 48.0 Å². The average molecular weight is 395 g/mol. The molecule has 0 radical (unpaired) electrons. The lowest BCUT2D eigenvalue weighted by molar-refractivity contribution is -0.121.